The number of anilines is 1. The summed E-state index contributed by atoms with van der Waals surface area (Å²) in [5.41, 5.74) is 1.76. The molecule has 0 saturated carbocycles. The highest BCUT2D eigenvalue weighted by molar-refractivity contribution is 6.30. The molecule has 0 aliphatic carbocycles. The van der Waals surface area contributed by atoms with Gasteiger partial charge in [0.25, 0.3) is 0 Å². The van der Waals surface area contributed by atoms with E-state index in [0.717, 1.165) is 11.3 Å². The molecule has 0 saturated heterocycles. The Bertz CT molecular complexity index is 515. The van der Waals surface area contributed by atoms with Gasteiger partial charge >= 0.3 is 0 Å². The van der Waals surface area contributed by atoms with Crippen LogP contribution in [0.3, 0.4) is 0 Å². The average Bonchev–Trinajstić information content (AvgIpc) is 2.34. The van der Waals surface area contributed by atoms with Crippen LogP contribution in [0.1, 0.15) is 32.8 Å². The Labute approximate surface area is 131 Å². The smallest absolute Gasteiger partial charge is 0.223 e. The summed E-state index contributed by atoms with van der Waals surface area (Å²) in [5, 5.41) is 3.48. The van der Waals surface area contributed by atoms with Crippen molar-refractivity contribution in [3.8, 4) is 0 Å². The van der Waals surface area contributed by atoms with Gasteiger partial charge in [0.15, 0.2) is 0 Å². The monoisotopic (exact) mass is 310 g/mol. The first-order valence-corrected chi connectivity index (χ1v) is 7.50. The molecule has 116 valence electrons. The third-order valence-electron chi connectivity index (χ3n) is 3.08. The summed E-state index contributed by atoms with van der Waals surface area (Å²) in [6.07, 6.45) is 0.500. The van der Waals surface area contributed by atoms with Crippen molar-refractivity contribution in [2.24, 2.45) is 5.92 Å². The van der Waals surface area contributed by atoms with Gasteiger partial charge in [-0.2, -0.15) is 0 Å². The van der Waals surface area contributed by atoms with Crippen LogP contribution in [0, 0.1) is 12.8 Å². The minimum atomic E-state index is -0.0569. The van der Waals surface area contributed by atoms with Crippen LogP contribution in [-0.4, -0.2) is 24.9 Å². The molecule has 4 nitrogen and oxygen atoms in total. The summed E-state index contributed by atoms with van der Waals surface area (Å²) in [4.78, 5) is 25.1. The van der Waals surface area contributed by atoms with Crippen molar-refractivity contribution < 1.29 is 9.59 Å². The van der Waals surface area contributed by atoms with E-state index >= 15 is 0 Å². The van der Waals surface area contributed by atoms with E-state index in [1.807, 2.05) is 32.9 Å². The zero-order valence-corrected chi connectivity index (χ0v) is 13.8. The van der Waals surface area contributed by atoms with Crippen molar-refractivity contribution in [3.05, 3.63) is 28.8 Å². The molecule has 0 aromatic heterocycles. The number of rotatable bonds is 6. The van der Waals surface area contributed by atoms with Crippen molar-refractivity contribution in [1.82, 2.24) is 5.32 Å². The zero-order chi connectivity index (χ0) is 16.0. The molecule has 1 N–H and O–H groups in total. The molecule has 1 aromatic rings. The fraction of sp³-hybridized carbons (Fsp3) is 0.500. The quantitative estimate of drug-likeness (QED) is 0.877. The van der Waals surface area contributed by atoms with Gasteiger partial charge in [0.2, 0.25) is 11.8 Å². The lowest BCUT2D eigenvalue weighted by Crippen LogP contribution is -2.38. The fourth-order valence-corrected chi connectivity index (χ4v) is 2.35. The Morgan fingerprint density at radius 3 is 2.52 bits per heavy atom. The third kappa shape index (κ3) is 5.76. The van der Waals surface area contributed by atoms with Crippen molar-refractivity contribution in [1.29, 1.82) is 0 Å². The minimum Gasteiger partial charge on any atom is -0.354 e. The third-order valence-corrected chi connectivity index (χ3v) is 3.32. The predicted molar refractivity (Wildman–Crippen MR) is 86.7 cm³/mol. The molecular weight excluding hydrogens is 288 g/mol. The standard InChI is InChI=1S/C16H23ClN2O2/c1-11(2)9-16(21)18-7-8-19(13(4)20)15-6-5-14(17)10-12(15)3/h5-6,10-11H,7-9H2,1-4H3,(H,18,21). The van der Waals surface area contributed by atoms with Crippen LogP contribution in [0.4, 0.5) is 5.69 Å². The first-order valence-electron chi connectivity index (χ1n) is 7.12. The number of amides is 2. The molecular formula is C16H23ClN2O2. The van der Waals surface area contributed by atoms with E-state index in [9.17, 15) is 9.59 Å². The SMILES string of the molecule is CC(=O)N(CCNC(=O)CC(C)C)c1ccc(Cl)cc1C. The first kappa shape index (κ1) is 17.5. The van der Waals surface area contributed by atoms with Crippen LogP contribution < -0.4 is 10.2 Å². The molecule has 0 radical (unpaired) electrons. The van der Waals surface area contributed by atoms with Gasteiger partial charge < -0.3 is 10.2 Å². The highest BCUT2D eigenvalue weighted by Crippen LogP contribution is 2.23. The topological polar surface area (TPSA) is 49.4 Å². The lowest BCUT2D eigenvalue weighted by atomic mass is 10.1. The van der Waals surface area contributed by atoms with Gasteiger partial charge in [-0.25, -0.2) is 0 Å². The van der Waals surface area contributed by atoms with E-state index < -0.39 is 0 Å². The van der Waals surface area contributed by atoms with E-state index in [0.29, 0.717) is 30.5 Å². The second-order valence-electron chi connectivity index (χ2n) is 5.55. The highest BCUT2D eigenvalue weighted by atomic mass is 35.5. The highest BCUT2D eigenvalue weighted by Gasteiger charge is 2.14. The maximum Gasteiger partial charge on any atom is 0.223 e. The summed E-state index contributed by atoms with van der Waals surface area (Å²) in [7, 11) is 0. The summed E-state index contributed by atoms with van der Waals surface area (Å²) >= 11 is 5.94. The van der Waals surface area contributed by atoms with Gasteiger partial charge in [0, 0.05) is 37.1 Å². The van der Waals surface area contributed by atoms with Crippen molar-refractivity contribution in [2.75, 3.05) is 18.0 Å². The Hall–Kier alpha value is -1.55. The lowest BCUT2D eigenvalue weighted by molar-refractivity contribution is -0.122. The number of carbonyl (C=O) groups excluding carboxylic acids is 2. The fourth-order valence-electron chi connectivity index (χ4n) is 2.12. The Balaban J connectivity index is 2.67. The number of nitrogens with one attached hydrogen (secondary N) is 1. The molecule has 0 spiro atoms. The second-order valence-corrected chi connectivity index (χ2v) is 5.99. The van der Waals surface area contributed by atoms with Crippen molar-refractivity contribution in [2.45, 2.75) is 34.1 Å². The molecule has 2 amide bonds. The summed E-state index contributed by atoms with van der Waals surface area (Å²) < 4.78 is 0. The first-order chi connectivity index (χ1) is 9.81. The van der Waals surface area contributed by atoms with Crippen LogP contribution in [0.2, 0.25) is 5.02 Å². The molecule has 0 aliphatic rings. The van der Waals surface area contributed by atoms with Crippen molar-refractivity contribution in [3.63, 3.8) is 0 Å². The zero-order valence-electron chi connectivity index (χ0n) is 13.1. The largest absolute Gasteiger partial charge is 0.354 e. The summed E-state index contributed by atoms with van der Waals surface area (Å²) in [6.45, 7) is 8.31. The van der Waals surface area contributed by atoms with Crippen LogP contribution in [-0.2, 0) is 9.59 Å². The molecule has 1 rings (SSSR count). The number of benzene rings is 1. The van der Waals surface area contributed by atoms with Crippen LogP contribution in [0.5, 0.6) is 0 Å². The van der Waals surface area contributed by atoms with E-state index in [1.165, 1.54) is 6.92 Å². The molecule has 0 unspecified atom stereocenters. The number of aryl methyl sites for hydroxylation is 1. The minimum absolute atomic E-state index is 0.0151. The van der Waals surface area contributed by atoms with Gasteiger partial charge in [-0.15, -0.1) is 0 Å². The van der Waals surface area contributed by atoms with Gasteiger partial charge in [0.05, 0.1) is 0 Å². The maximum absolute atomic E-state index is 11.8. The maximum atomic E-state index is 11.8. The molecule has 0 aliphatic heterocycles. The molecule has 0 fully saturated rings. The van der Waals surface area contributed by atoms with Gasteiger partial charge in [-0.05, 0) is 36.6 Å². The average molecular weight is 311 g/mol. The molecule has 0 bridgehead atoms. The van der Waals surface area contributed by atoms with E-state index in [1.54, 1.807) is 11.0 Å². The molecule has 1 aromatic carbocycles. The van der Waals surface area contributed by atoms with Crippen LogP contribution in [0.25, 0.3) is 0 Å². The normalized spacial score (nSPS) is 10.6. The Kier molecular flexibility index (Phi) is 6.69. The van der Waals surface area contributed by atoms with Gasteiger partial charge in [-0.3, -0.25) is 9.59 Å². The number of carbonyl (C=O) groups is 2. The number of hydrogen-bond donors (Lipinski definition) is 1. The number of halogens is 1. The number of hydrogen-bond acceptors (Lipinski definition) is 2. The van der Waals surface area contributed by atoms with E-state index in [4.69, 9.17) is 11.6 Å². The van der Waals surface area contributed by atoms with Gasteiger partial charge in [0.1, 0.15) is 0 Å². The Morgan fingerprint density at radius 2 is 2.00 bits per heavy atom. The van der Waals surface area contributed by atoms with Crippen LogP contribution in [0.15, 0.2) is 18.2 Å². The molecule has 0 heterocycles. The summed E-state index contributed by atoms with van der Waals surface area (Å²) in [5.74, 6) is 0.285. The number of nitrogens with zero attached hydrogens (tertiary/aromatic N) is 1. The van der Waals surface area contributed by atoms with Crippen LogP contribution >= 0.6 is 11.6 Å². The van der Waals surface area contributed by atoms with E-state index in [2.05, 4.69) is 5.32 Å². The van der Waals surface area contributed by atoms with Gasteiger partial charge in [-0.1, -0.05) is 25.4 Å². The van der Waals surface area contributed by atoms with E-state index in [-0.39, 0.29) is 11.8 Å². The summed E-state index contributed by atoms with van der Waals surface area (Å²) in [6, 6.07) is 5.41. The van der Waals surface area contributed by atoms with Crippen molar-refractivity contribution >= 4 is 29.1 Å². The Morgan fingerprint density at radius 1 is 1.33 bits per heavy atom. The molecule has 0 atom stereocenters. The lowest BCUT2D eigenvalue weighted by Gasteiger charge is -2.23. The molecule has 5 heteroatoms. The second kappa shape index (κ2) is 8.03. The molecule has 21 heavy (non-hydrogen) atoms. The predicted octanol–water partition coefficient (Wildman–Crippen LogP) is 3.16.